The summed E-state index contributed by atoms with van der Waals surface area (Å²) in [5.41, 5.74) is 7.81. The van der Waals surface area contributed by atoms with Crippen molar-refractivity contribution in [1.82, 2.24) is 9.80 Å². The zero-order chi connectivity index (χ0) is 26.9. The van der Waals surface area contributed by atoms with E-state index in [1.54, 1.807) is 29.2 Å². The molecule has 0 spiro atoms. The van der Waals surface area contributed by atoms with E-state index in [4.69, 9.17) is 15.9 Å². The summed E-state index contributed by atoms with van der Waals surface area (Å²) in [6.07, 6.45) is 6.84. The highest BCUT2D eigenvalue weighted by Gasteiger charge is 2.30. The summed E-state index contributed by atoms with van der Waals surface area (Å²) in [5.74, 6) is -0.0459. The molecule has 2 heterocycles. The molecule has 11 heteroatoms. The first-order valence-corrected chi connectivity index (χ1v) is 14.5. The van der Waals surface area contributed by atoms with Gasteiger partial charge in [-0.05, 0) is 66.8 Å². The normalized spacial score (nSPS) is 18.3. The molecule has 1 saturated carbocycles. The first kappa shape index (κ1) is 26.0. The van der Waals surface area contributed by atoms with Gasteiger partial charge in [-0.15, -0.1) is 0 Å². The zero-order valence-electron chi connectivity index (χ0n) is 21.5. The molecule has 0 radical (unpaired) electrons. The lowest BCUT2D eigenvalue weighted by Crippen LogP contribution is -2.40. The fourth-order valence-corrected chi connectivity index (χ4v) is 6.29. The molecule has 0 atom stereocenters. The lowest BCUT2D eigenvalue weighted by atomic mass is 9.99. The van der Waals surface area contributed by atoms with Gasteiger partial charge in [-0.25, -0.2) is 12.7 Å². The molecule has 202 valence electrons. The molecule has 1 saturated heterocycles. The number of aliphatic imine (C=N–C) groups is 1. The first-order valence-electron chi connectivity index (χ1n) is 13.0. The molecule has 0 aromatic heterocycles. The highest BCUT2D eigenvalue weighted by Crippen LogP contribution is 2.30. The summed E-state index contributed by atoms with van der Waals surface area (Å²) in [6, 6.07) is 12.0. The Bertz CT molecular complexity index is 1330. The molecule has 1 amide bonds. The number of nitrogens with one attached hydrogen (secondary N) is 1. The summed E-state index contributed by atoms with van der Waals surface area (Å²) in [4.78, 5) is 21.1. The average molecular weight is 539 g/mol. The largest absolute Gasteiger partial charge is 0.490 e. The summed E-state index contributed by atoms with van der Waals surface area (Å²) in [6.45, 7) is 4.01. The number of fused-ring (bicyclic) bond motifs is 1. The fourth-order valence-electron chi connectivity index (χ4n) is 4.87. The number of ether oxygens (including phenoxy) is 1. The Morgan fingerprint density at radius 2 is 1.79 bits per heavy atom. The van der Waals surface area contributed by atoms with E-state index in [9.17, 15) is 13.2 Å². The van der Waals surface area contributed by atoms with Crippen LogP contribution in [0.25, 0.3) is 0 Å². The molecule has 2 aliphatic heterocycles. The van der Waals surface area contributed by atoms with Crippen molar-refractivity contribution in [3.05, 3.63) is 53.6 Å². The topological polar surface area (TPSA) is 132 Å². The maximum Gasteiger partial charge on any atom is 0.270 e. The molecule has 5 rings (SSSR count). The van der Waals surface area contributed by atoms with Crippen LogP contribution in [-0.2, 0) is 27.8 Å². The smallest absolute Gasteiger partial charge is 0.270 e. The molecule has 38 heavy (non-hydrogen) atoms. The number of piperidine rings is 1. The van der Waals surface area contributed by atoms with E-state index >= 15 is 0 Å². The van der Waals surface area contributed by atoms with E-state index in [0.717, 1.165) is 41.4 Å². The third-order valence-electron chi connectivity index (χ3n) is 7.19. The van der Waals surface area contributed by atoms with E-state index in [0.29, 0.717) is 31.3 Å². The Balaban J connectivity index is 1.27. The number of anilines is 1. The maximum atomic E-state index is 13.5. The molecule has 2 aromatic rings. The Kier molecular flexibility index (Phi) is 7.29. The number of benzene rings is 2. The van der Waals surface area contributed by atoms with Gasteiger partial charge in [0.1, 0.15) is 11.9 Å². The Morgan fingerprint density at radius 3 is 2.42 bits per heavy atom. The average Bonchev–Trinajstić information content (AvgIpc) is 3.72. The summed E-state index contributed by atoms with van der Waals surface area (Å²) in [7, 11) is -4.15. The number of hydrogen-bond donors (Lipinski definition) is 2. The third kappa shape index (κ3) is 5.77. The van der Waals surface area contributed by atoms with E-state index in [2.05, 4.69) is 9.89 Å². The maximum absolute atomic E-state index is 13.5. The monoisotopic (exact) mass is 538 g/mol. The summed E-state index contributed by atoms with van der Waals surface area (Å²) < 4.78 is 34.0. The zero-order valence-corrected chi connectivity index (χ0v) is 22.4. The number of guanidine groups is 1. The van der Waals surface area contributed by atoms with Crippen LogP contribution in [0, 0.1) is 5.41 Å². The van der Waals surface area contributed by atoms with Gasteiger partial charge in [0.2, 0.25) is 5.91 Å². The van der Waals surface area contributed by atoms with Crippen molar-refractivity contribution in [3.63, 3.8) is 0 Å². The SMILES string of the molecule is CC(=O)N(c1ccc2c(c1)CN(C(=N)N)CC2)S(=O)(=O)c1ccc(OC2CCN(C=NC3CC3)CC2)cc1. The number of nitrogens with zero attached hydrogens (tertiary/aromatic N) is 4. The van der Waals surface area contributed by atoms with Crippen LogP contribution in [0.1, 0.15) is 43.7 Å². The molecule has 3 N–H and O–H groups in total. The number of likely N-dealkylation sites (tertiary alicyclic amines) is 1. The van der Waals surface area contributed by atoms with Crippen LogP contribution in [0.15, 0.2) is 52.4 Å². The number of rotatable bonds is 7. The predicted molar refractivity (Wildman–Crippen MR) is 146 cm³/mol. The van der Waals surface area contributed by atoms with Crippen LogP contribution in [0.3, 0.4) is 0 Å². The van der Waals surface area contributed by atoms with Crippen molar-refractivity contribution in [2.75, 3.05) is 23.9 Å². The van der Waals surface area contributed by atoms with Gasteiger partial charge in [-0.3, -0.25) is 15.2 Å². The van der Waals surface area contributed by atoms with Crippen LogP contribution >= 0.6 is 0 Å². The Morgan fingerprint density at radius 1 is 1.08 bits per heavy atom. The lowest BCUT2D eigenvalue weighted by Gasteiger charge is -2.31. The van der Waals surface area contributed by atoms with Gasteiger partial charge in [0.15, 0.2) is 5.96 Å². The number of amides is 1. The molecule has 2 aromatic carbocycles. The Labute approximate surface area is 223 Å². The van der Waals surface area contributed by atoms with Crippen LogP contribution in [0.2, 0.25) is 0 Å². The first-order chi connectivity index (χ1) is 18.2. The molecular formula is C27H34N6O4S. The minimum Gasteiger partial charge on any atom is -0.490 e. The van der Waals surface area contributed by atoms with E-state index in [1.165, 1.54) is 31.9 Å². The van der Waals surface area contributed by atoms with Crippen LogP contribution in [-0.4, -0.2) is 68.2 Å². The van der Waals surface area contributed by atoms with Crippen molar-refractivity contribution < 1.29 is 17.9 Å². The predicted octanol–water partition coefficient (Wildman–Crippen LogP) is 2.71. The van der Waals surface area contributed by atoms with Gasteiger partial charge in [-0.2, -0.15) is 0 Å². The number of carbonyl (C=O) groups is 1. The van der Waals surface area contributed by atoms with Crippen molar-refractivity contribution in [2.45, 2.75) is 62.6 Å². The van der Waals surface area contributed by atoms with Gasteiger partial charge < -0.3 is 20.3 Å². The van der Waals surface area contributed by atoms with Crippen molar-refractivity contribution in [1.29, 1.82) is 5.41 Å². The van der Waals surface area contributed by atoms with E-state index in [1.807, 2.05) is 12.4 Å². The lowest BCUT2D eigenvalue weighted by molar-refractivity contribution is -0.115. The standard InChI is InChI=1S/C27H34N6O4S/c1-19(34)33(23-5-2-20-10-15-32(27(28)29)17-21(20)16-23)38(35,36)26-8-6-24(7-9-26)37-25-11-13-31(14-12-25)18-30-22-3-4-22/h2,5-9,16,18,22,25H,3-4,10-15,17H2,1H3,(H3,28,29). The van der Waals surface area contributed by atoms with Crippen LogP contribution in [0.5, 0.6) is 5.75 Å². The second-order valence-corrected chi connectivity index (χ2v) is 11.9. The highest BCUT2D eigenvalue weighted by atomic mass is 32.2. The minimum absolute atomic E-state index is 0.00856. The minimum atomic E-state index is -4.15. The molecule has 0 bridgehead atoms. The number of hydrogen-bond acceptors (Lipinski definition) is 6. The molecule has 10 nitrogen and oxygen atoms in total. The molecule has 1 aliphatic carbocycles. The molecular weight excluding hydrogens is 504 g/mol. The summed E-state index contributed by atoms with van der Waals surface area (Å²) in [5, 5.41) is 7.71. The van der Waals surface area contributed by atoms with Crippen molar-refractivity contribution in [2.24, 2.45) is 10.7 Å². The second kappa shape index (κ2) is 10.6. The Hall–Kier alpha value is -3.60. The fraction of sp³-hybridized carbons (Fsp3) is 0.444. The van der Waals surface area contributed by atoms with Gasteiger partial charge in [0.25, 0.3) is 10.0 Å². The summed E-state index contributed by atoms with van der Waals surface area (Å²) >= 11 is 0. The third-order valence-corrected chi connectivity index (χ3v) is 9.01. The van der Waals surface area contributed by atoms with Crippen LogP contribution < -0.4 is 14.8 Å². The van der Waals surface area contributed by atoms with Crippen LogP contribution in [0.4, 0.5) is 5.69 Å². The van der Waals surface area contributed by atoms with Gasteiger partial charge in [-0.1, -0.05) is 6.07 Å². The highest BCUT2D eigenvalue weighted by molar-refractivity contribution is 7.93. The second-order valence-electron chi connectivity index (χ2n) is 10.1. The number of sulfonamides is 1. The molecule has 3 aliphatic rings. The number of nitrogens with two attached hydrogens (primary N) is 1. The molecule has 0 unspecified atom stereocenters. The van der Waals surface area contributed by atoms with Gasteiger partial charge in [0, 0.05) is 45.9 Å². The van der Waals surface area contributed by atoms with E-state index in [-0.39, 0.29) is 22.6 Å². The van der Waals surface area contributed by atoms with E-state index < -0.39 is 15.9 Å². The number of carbonyl (C=O) groups excluding carboxylic acids is 1. The molecule has 2 fully saturated rings. The van der Waals surface area contributed by atoms with Gasteiger partial charge in [0.05, 0.1) is 23.0 Å². The van der Waals surface area contributed by atoms with Crippen molar-refractivity contribution in [3.8, 4) is 5.75 Å². The quantitative estimate of drug-likeness (QED) is 0.409. The van der Waals surface area contributed by atoms with Crippen molar-refractivity contribution >= 4 is 33.9 Å². The van der Waals surface area contributed by atoms with Gasteiger partial charge >= 0.3 is 0 Å².